The molecule has 3 rings (SSSR count). The molecule has 2 aliphatic rings. The highest BCUT2D eigenvalue weighted by molar-refractivity contribution is 7.16. The quantitative estimate of drug-likeness (QED) is 0.880. The minimum absolute atomic E-state index is 0.0204. The maximum Gasteiger partial charge on any atom is 0.239 e. The largest absolute Gasteiger partial charge is 0.315 e. The van der Waals surface area contributed by atoms with Crippen LogP contribution in [0.2, 0.25) is 0 Å². The number of hydrogen-bond acceptors (Lipinski definition) is 4. The van der Waals surface area contributed by atoms with E-state index in [0.29, 0.717) is 18.4 Å². The lowest BCUT2D eigenvalue weighted by Gasteiger charge is -2.34. The van der Waals surface area contributed by atoms with E-state index in [4.69, 9.17) is 0 Å². The molecule has 0 saturated carbocycles. The number of anilines is 1. The first-order valence-corrected chi connectivity index (χ1v) is 10.4. The number of amides is 1. The first kappa shape index (κ1) is 18.4. The maximum absolute atomic E-state index is 12.6. The Morgan fingerprint density at radius 3 is 2.56 bits per heavy atom. The lowest BCUT2D eigenvalue weighted by atomic mass is 9.92. The van der Waals surface area contributed by atoms with Crippen LogP contribution in [0.1, 0.15) is 62.0 Å². The van der Waals surface area contributed by atoms with Gasteiger partial charge in [0.15, 0.2) is 0 Å². The molecule has 1 saturated heterocycles. The third kappa shape index (κ3) is 4.62. The standard InChI is InChI=1S/C20H29N3OS/c1-14-9-15(2)12-23(11-14)13-19(24)22-20-17(10-21)16-7-5-3-4-6-8-18(16)25-20/h14-15H,3-9,11-13H2,1-2H3,(H,22,24). The van der Waals surface area contributed by atoms with Gasteiger partial charge in [-0.3, -0.25) is 9.69 Å². The summed E-state index contributed by atoms with van der Waals surface area (Å²) in [5.41, 5.74) is 1.92. The molecule has 0 spiro atoms. The van der Waals surface area contributed by atoms with Crippen LogP contribution in [0.3, 0.4) is 0 Å². The van der Waals surface area contributed by atoms with Crippen molar-refractivity contribution in [3.63, 3.8) is 0 Å². The van der Waals surface area contributed by atoms with E-state index in [2.05, 4.69) is 30.1 Å². The molecule has 1 aromatic rings. The van der Waals surface area contributed by atoms with E-state index in [1.807, 2.05) is 0 Å². The van der Waals surface area contributed by atoms with Crippen molar-refractivity contribution >= 4 is 22.2 Å². The van der Waals surface area contributed by atoms with Gasteiger partial charge in [-0.1, -0.05) is 26.7 Å². The van der Waals surface area contributed by atoms with Crippen LogP contribution in [0.5, 0.6) is 0 Å². The topological polar surface area (TPSA) is 56.1 Å². The molecule has 1 aliphatic heterocycles. The minimum Gasteiger partial charge on any atom is -0.315 e. The van der Waals surface area contributed by atoms with Crippen molar-refractivity contribution in [1.29, 1.82) is 5.26 Å². The third-order valence-electron chi connectivity index (χ3n) is 5.35. The highest BCUT2D eigenvalue weighted by Crippen LogP contribution is 2.36. The normalized spacial score (nSPS) is 24.7. The molecule has 1 fully saturated rings. The van der Waals surface area contributed by atoms with Gasteiger partial charge in [0.25, 0.3) is 0 Å². The molecule has 0 bridgehead atoms. The molecule has 1 aromatic heterocycles. The Morgan fingerprint density at radius 2 is 1.88 bits per heavy atom. The second kappa shape index (κ2) is 8.33. The van der Waals surface area contributed by atoms with Gasteiger partial charge in [0.1, 0.15) is 11.1 Å². The number of thiophene rings is 1. The fourth-order valence-electron chi connectivity index (χ4n) is 4.42. The molecule has 136 valence electrons. The van der Waals surface area contributed by atoms with Crippen LogP contribution in [-0.2, 0) is 17.6 Å². The predicted octanol–water partition coefficient (Wildman–Crippen LogP) is 4.20. The molecule has 1 amide bonds. The van der Waals surface area contributed by atoms with Crippen LogP contribution in [0.4, 0.5) is 5.00 Å². The van der Waals surface area contributed by atoms with Crippen molar-refractivity contribution in [1.82, 2.24) is 4.90 Å². The number of carbonyl (C=O) groups is 1. The van der Waals surface area contributed by atoms with Crippen molar-refractivity contribution in [2.24, 2.45) is 11.8 Å². The van der Waals surface area contributed by atoms with Crippen LogP contribution < -0.4 is 5.32 Å². The molecule has 4 nitrogen and oxygen atoms in total. The molecule has 0 radical (unpaired) electrons. The zero-order valence-corrected chi connectivity index (χ0v) is 16.3. The summed E-state index contributed by atoms with van der Waals surface area (Å²) in [6.45, 7) is 6.93. The molecule has 2 unspecified atom stereocenters. The Balaban J connectivity index is 1.68. The van der Waals surface area contributed by atoms with Crippen LogP contribution in [0.25, 0.3) is 0 Å². The van der Waals surface area contributed by atoms with Gasteiger partial charge in [0.2, 0.25) is 5.91 Å². The fraction of sp³-hybridized carbons (Fsp3) is 0.700. The number of hydrogen-bond donors (Lipinski definition) is 1. The Kier molecular flexibility index (Phi) is 6.14. The van der Waals surface area contributed by atoms with Crippen LogP contribution in [-0.4, -0.2) is 30.4 Å². The number of rotatable bonds is 3. The lowest BCUT2D eigenvalue weighted by Crippen LogP contribution is -2.42. The molecule has 2 atom stereocenters. The molecule has 25 heavy (non-hydrogen) atoms. The maximum atomic E-state index is 12.6. The number of piperidine rings is 1. The Hall–Kier alpha value is -1.38. The Labute approximate surface area is 155 Å². The number of nitriles is 1. The average Bonchev–Trinajstić information content (AvgIpc) is 2.81. The van der Waals surface area contributed by atoms with Crippen molar-refractivity contribution in [2.75, 3.05) is 25.0 Å². The van der Waals surface area contributed by atoms with E-state index in [-0.39, 0.29) is 5.91 Å². The number of nitrogens with zero attached hydrogens (tertiary/aromatic N) is 2. The number of likely N-dealkylation sites (tertiary alicyclic amines) is 1. The molecule has 0 aromatic carbocycles. The Bertz CT molecular complexity index is 651. The van der Waals surface area contributed by atoms with Crippen molar-refractivity contribution < 1.29 is 4.79 Å². The highest BCUT2D eigenvalue weighted by Gasteiger charge is 2.25. The van der Waals surface area contributed by atoms with Gasteiger partial charge in [-0.2, -0.15) is 5.26 Å². The summed E-state index contributed by atoms with van der Waals surface area (Å²) < 4.78 is 0. The SMILES string of the molecule is CC1CC(C)CN(CC(=O)Nc2sc3c(c2C#N)CCCCCC3)C1. The van der Waals surface area contributed by atoms with E-state index in [1.54, 1.807) is 11.3 Å². The number of fused-ring (bicyclic) bond motifs is 1. The zero-order valence-electron chi connectivity index (χ0n) is 15.4. The van der Waals surface area contributed by atoms with Crippen LogP contribution in [0, 0.1) is 23.2 Å². The van der Waals surface area contributed by atoms with Gasteiger partial charge in [-0.25, -0.2) is 0 Å². The third-order valence-corrected chi connectivity index (χ3v) is 6.55. The molecule has 5 heteroatoms. The summed E-state index contributed by atoms with van der Waals surface area (Å²) in [7, 11) is 0. The molecule has 2 heterocycles. The summed E-state index contributed by atoms with van der Waals surface area (Å²) in [4.78, 5) is 16.1. The fourth-order valence-corrected chi connectivity index (χ4v) is 5.67. The smallest absolute Gasteiger partial charge is 0.239 e. The first-order valence-electron chi connectivity index (χ1n) is 9.63. The summed E-state index contributed by atoms with van der Waals surface area (Å²) in [5.74, 6) is 1.31. The van der Waals surface area contributed by atoms with Gasteiger partial charge >= 0.3 is 0 Å². The van der Waals surface area contributed by atoms with Crippen molar-refractivity contribution in [3.8, 4) is 6.07 Å². The molecule has 1 N–H and O–H groups in total. The Morgan fingerprint density at radius 1 is 1.20 bits per heavy atom. The number of nitrogens with one attached hydrogen (secondary N) is 1. The first-order chi connectivity index (χ1) is 12.1. The van der Waals surface area contributed by atoms with Gasteiger partial charge in [0, 0.05) is 18.0 Å². The summed E-state index contributed by atoms with van der Waals surface area (Å²) in [6, 6.07) is 2.36. The second-order valence-corrected chi connectivity index (χ2v) is 9.03. The van der Waals surface area contributed by atoms with Crippen LogP contribution >= 0.6 is 11.3 Å². The van der Waals surface area contributed by atoms with E-state index in [9.17, 15) is 10.1 Å². The minimum atomic E-state index is 0.0204. The zero-order chi connectivity index (χ0) is 17.8. The second-order valence-electron chi connectivity index (χ2n) is 7.92. The predicted molar refractivity (Wildman–Crippen MR) is 103 cm³/mol. The van der Waals surface area contributed by atoms with E-state index >= 15 is 0 Å². The van der Waals surface area contributed by atoms with E-state index in [1.165, 1.54) is 36.1 Å². The average molecular weight is 360 g/mol. The number of aryl methyl sites for hydroxylation is 1. The van der Waals surface area contributed by atoms with E-state index in [0.717, 1.165) is 42.9 Å². The summed E-state index contributed by atoms with van der Waals surface area (Å²) >= 11 is 1.63. The number of carbonyl (C=O) groups excluding carboxylic acids is 1. The van der Waals surface area contributed by atoms with Gasteiger partial charge in [-0.15, -0.1) is 11.3 Å². The van der Waals surface area contributed by atoms with Gasteiger partial charge < -0.3 is 5.32 Å². The van der Waals surface area contributed by atoms with Gasteiger partial charge in [-0.05, 0) is 49.5 Å². The molecular formula is C20H29N3OS. The highest BCUT2D eigenvalue weighted by atomic mass is 32.1. The lowest BCUT2D eigenvalue weighted by molar-refractivity contribution is -0.117. The van der Waals surface area contributed by atoms with Crippen molar-refractivity contribution in [2.45, 2.75) is 58.8 Å². The monoisotopic (exact) mass is 359 g/mol. The summed E-state index contributed by atoms with van der Waals surface area (Å²) in [5, 5.41) is 13.5. The molecular weight excluding hydrogens is 330 g/mol. The van der Waals surface area contributed by atoms with Crippen molar-refractivity contribution in [3.05, 3.63) is 16.0 Å². The van der Waals surface area contributed by atoms with Gasteiger partial charge in [0.05, 0.1) is 12.1 Å². The molecule has 1 aliphatic carbocycles. The van der Waals surface area contributed by atoms with E-state index < -0.39 is 0 Å². The van der Waals surface area contributed by atoms with Crippen LogP contribution in [0.15, 0.2) is 0 Å². The summed E-state index contributed by atoms with van der Waals surface area (Å²) in [6.07, 6.45) is 8.12.